The summed E-state index contributed by atoms with van der Waals surface area (Å²) < 4.78 is 5.82. The zero-order valence-electron chi connectivity index (χ0n) is 15.7. The van der Waals surface area contributed by atoms with Gasteiger partial charge in [-0.3, -0.25) is 0 Å². The van der Waals surface area contributed by atoms with Gasteiger partial charge in [-0.2, -0.15) is 0 Å². The van der Waals surface area contributed by atoms with Crippen LogP contribution >= 0.6 is 0 Å². The topological polar surface area (TPSA) is 61.7 Å². The van der Waals surface area contributed by atoms with Crippen LogP contribution in [0.2, 0.25) is 0 Å². The first kappa shape index (κ1) is 18.4. The minimum absolute atomic E-state index is 0.194. The summed E-state index contributed by atoms with van der Waals surface area (Å²) in [5, 5.41) is 21.7. The van der Waals surface area contributed by atoms with Crippen LogP contribution in [0, 0.1) is 13.8 Å². The van der Waals surface area contributed by atoms with Crippen molar-refractivity contribution in [1.29, 1.82) is 0 Å². The number of benzene rings is 1. The molecule has 4 nitrogen and oxygen atoms in total. The van der Waals surface area contributed by atoms with Crippen LogP contribution in [0.1, 0.15) is 60.3 Å². The van der Waals surface area contributed by atoms with Crippen LogP contribution in [0.5, 0.6) is 5.75 Å². The Labute approximate surface area is 150 Å². The summed E-state index contributed by atoms with van der Waals surface area (Å²) in [7, 11) is 1.78. The van der Waals surface area contributed by atoms with Crippen LogP contribution in [0.4, 0.5) is 0 Å². The molecule has 2 aliphatic carbocycles. The Morgan fingerprint density at radius 2 is 2.00 bits per heavy atom. The molecule has 0 aliphatic heterocycles. The minimum Gasteiger partial charge on any atom is -0.496 e. The Bertz CT molecular complexity index is 666. The molecule has 0 amide bonds. The average molecular weight is 345 g/mol. The van der Waals surface area contributed by atoms with E-state index in [4.69, 9.17) is 9.84 Å². The maximum absolute atomic E-state index is 9.51. The van der Waals surface area contributed by atoms with Crippen molar-refractivity contribution in [3.8, 4) is 5.75 Å². The zero-order chi connectivity index (χ0) is 18.0. The molecule has 0 heterocycles. The molecular weight excluding hydrogens is 314 g/mol. The Morgan fingerprint density at radius 3 is 2.72 bits per heavy atom. The van der Waals surface area contributed by atoms with E-state index in [9.17, 15) is 5.11 Å². The van der Waals surface area contributed by atoms with Gasteiger partial charge in [-0.05, 0) is 74.8 Å². The van der Waals surface area contributed by atoms with Gasteiger partial charge in [0, 0.05) is 18.0 Å². The van der Waals surface area contributed by atoms with E-state index >= 15 is 0 Å². The molecule has 4 heteroatoms. The van der Waals surface area contributed by atoms with Crippen molar-refractivity contribution in [1.82, 2.24) is 5.32 Å². The fourth-order valence-corrected chi connectivity index (χ4v) is 4.68. The van der Waals surface area contributed by atoms with Crippen molar-refractivity contribution in [2.45, 2.75) is 58.0 Å². The molecule has 138 valence electrons. The number of ether oxygens (including phenoxy) is 1. The minimum atomic E-state index is -0.681. The molecule has 0 fully saturated rings. The number of hydrogen-bond acceptors (Lipinski definition) is 4. The molecule has 0 saturated carbocycles. The van der Waals surface area contributed by atoms with Gasteiger partial charge in [0.05, 0.1) is 19.8 Å². The Kier molecular flexibility index (Phi) is 5.82. The van der Waals surface area contributed by atoms with Gasteiger partial charge in [-0.1, -0.05) is 11.6 Å². The third-order valence-corrected chi connectivity index (χ3v) is 5.69. The number of hydrogen-bond donors (Lipinski definition) is 3. The van der Waals surface area contributed by atoms with Gasteiger partial charge in [-0.25, -0.2) is 0 Å². The Hall–Kier alpha value is -1.36. The standard InChI is InChI=1S/C21H31NO3/c1-13-10-14(2)21(25-3)20-18(8-9-22-11-15(24)12-23)16-6-4-5-7-17(16)19(13)20/h10,15,18,22-24H,4-9,11-12H2,1-3H3. The van der Waals surface area contributed by atoms with Crippen molar-refractivity contribution >= 4 is 5.57 Å². The molecule has 2 aliphatic rings. The first-order chi connectivity index (χ1) is 12.1. The fraction of sp³-hybridized carbons (Fsp3) is 0.619. The highest BCUT2D eigenvalue weighted by Crippen LogP contribution is 2.54. The number of fused-ring (bicyclic) bond motifs is 2. The van der Waals surface area contributed by atoms with E-state index in [1.54, 1.807) is 18.3 Å². The van der Waals surface area contributed by atoms with Crippen molar-refractivity contribution in [2.24, 2.45) is 0 Å². The maximum atomic E-state index is 9.51. The largest absolute Gasteiger partial charge is 0.496 e. The second-order valence-corrected chi connectivity index (χ2v) is 7.42. The highest BCUT2D eigenvalue weighted by atomic mass is 16.5. The van der Waals surface area contributed by atoms with Crippen LogP contribution in [0.3, 0.4) is 0 Å². The van der Waals surface area contributed by atoms with Crippen molar-refractivity contribution < 1.29 is 14.9 Å². The predicted molar refractivity (Wildman–Crippen MR) is 101 cm³/mol. The lowest BCUT2D eigenvalue weighted by molar-refractivity contribution is 0.0945. The Balaban J connectivity index is 1.89. The molecule has 0 aromatic heterocycles. The summed E-state index contributed by atoms with van der Waals surface area (Å²) in [5.74, 6) is 1.47. The first-order valence-corrected chi connectivity index (χ1v) is 9.48. The van der Waals surface area contributed by atoms with E-state index in [1.165, 1.54) is 47.9 Å². The smallest absolute Gasteiger partial charge is 0.126 e. The van der Waals surface area contributed by atoms with Gasteiger partial charge in [0.15, 0.2) is 0 Å². The molecule has 0 spiro atoms. The second kappa shape index (κ2) is 7.90. The Morgan fingerprint density at radius 1 is 1.24 bits per heavy atom. The predicted octanol–water partition coefficient (Wildman–Crippen LogP) is 3.07. The molecular formula is C21H31NO3. The van der Waals surface area contributed by atoms with Gasteiger partial charge in [0.25, 0.3) is 0 Å². The third-order valence-electron chi connectivity index (χ3n) is 5.69. The summed E-state index contributed by atoms with van der Waals surface area (Å²) in [5.41, 5.74) is 8.59. The lowest BCUT2D eigenvalue weighted by Crippen LogP contribution is -2.30. The number of nitrogens with one attached hydrogen (secondary N) is 1. The molecule has 0 saturated heterocycles. The highest BCUT2D eigenvalue weighted by Gasteiger charge is 2.36. The molecule has 3 N–H and O–H groups in total. The van der Waals surface area contributed by atoms with E-state index in [-0.39, 0.29) is 6.61 Å². The quantitative estimate of drug-likeness (QED) is 0.665. The summed E-state index contributed by atoms with van der Waals surface area (Å²) >= 11 is 0. The number of methoxy groups -OCH3 is 1. The van der Waals surface area contributed by atoms with Gasteiger partial charge in [0.2, 0.25) is 0 Å². The van der Waals surface area contributed by atoms with Gasteiger partial charge < -0.3 is 20.3 Å². The van der Waals surface area contributed by atoms with E-state index in [0.717, 1.165) is 18.7 Å². The zero-order valence-corrected chi connectivity index (χ0v) is 15.7. The average Bonchev–Trinajstić information content (AvgIpc) is 2.93. The summed E-state index contributed by atoms with van der Waals surface area (Å²) in [6.07, 6.45) is 5.25. The molecule has 2 unspecified atom stereocenters. The summed E-state index contributed by atoms with van der Waals surface area (Å²) in [6, 6.07) is 2.26. The van der Waals surface area contributed by atoms with Gasteiger partial charge in [0.1, 0.15) is 5.75 Å². The number of aliphatic hydroxyl groups excluding tert-OH is 2. The highest BCUT2D eigenvalue weighted by molar-refractivity contribution is 5.83. The third kappa shape index (κ3) is 3.48. The number of allylic oxidation sites excluding steroid dienone is 2. The monoisotopic (exact) mass is 345 g/mol. The summed E-state index contributed by atoms with van der Waals surface area (Å²) in [6.45, 7) is 5.43. The molecule has 0 bridgehead atoms. The van der Waals surface area contributed by atoms with E-state index in [2.05, 4.69) is 25.2 Å². The number of aryl methyl sites for hydroxylation is 2. The van der Waals surface area contributed by atoms with E-state index < -0.39 is 6.10 Å². The van der Waals surface area contributed by atoms with Crippen molar-refractivity contribution in [3.05, 3.63) is 33.9 Å². The van der Waals surface area contributed by atoms with Crippen molar-refractivity contribution in [3.63, 3.8) is 0 Å². The number of aliphatic hydroxyl groups is 2. The van der Waals surface area contributed by atoms with E-state index in [0.29, 0.717) is 12.5 Å². The van der Waals surface area contributed by atoms with Crippen LogP contribution in [0.15, 0.2) is 11.6 Å². The molecule has 0 radical (unpaired) electrons. The lowest BCUT2D eigenvalue weighted by Gasteiger charge is -2.22. The fourth-order valence-electron chi connectivity index (χ4n) is 4.68. The van der Waals surface area contributed by atoms with Gasteiger partial charge in [-0.15, -0.1) is 0 Å². The first-order valence-electron chi connectivity index (χ1n) is 9.48. The number of rotatable bonds is 7. The van der Waals surface area contributed by atoms with Crippen LogP contribution in [0.25, 0.3) is 5.57 Å². The second-order valence-electron chi connectivity index (χ2n) is 7.42. The molecule has 25 heavy (non-hydrogen) atoms. The maximum Gasteiger partial charge on any atom is 0.126 e. The SMILES string of the molecule is COc1c(C)cc(C)c2c1C(CCNCC(O)CO)C1=C2CCCC1. The van der Waals surface area contributed by atoms with Crippen LogP contribution in [-0.4, -0.2) is 43.1 Å². The van der Waals surface area contributed by atoms with Crippen molar-refractivity contribution in [2.75, 3.05) is 26.8 Å². The van der Waals surface area contributed by atoms with E-state index in [1.807, 2.05) is 0 Å². The lowest BCUT2D eigenvalue weighted by atomic mass is 9.86. The molecule has 1 aromatic carbocycles. The molecule has 2 atom stereocenters. The normalized spacial score (nSPS) is 20.4. The summed E-state index contributed by atoms with van der Waals surface area (Å²) in [4.78, 5) is 0. The molecule has 3 rings (SSSR count). The van der Waals surface area contributed by atoms with Crippen LogP contribution in [-0.2, 0) is 0 Å². The van der Waals surface area contributed by atoms with Gasteiger partial charge >= 0.3 is 0 Å². The molecule has 1 aromatic rings. The van der Waals surface area contributed by atoms with Crippen LogP contribution < -0.4 is 10.1 Å².